The first-order valence-corrected chi connectivity index (χ1v) is 12.4. The average Bonchev–Trinajstić information content (AvgIpc) is 2.85. The van der Waals surface area contributed by atoms with E-state index in [1.807, 2.05) is 6.07 Å². The van der Waals surface area contributed by atoms with Crippen LogP contribution in [0.4, 0.5) is 13.2 Å². The highest BCUT2D eigenvalue weighted by Gasteiger charge is 2.38. The fourth-order valence-corrected chi connectivity index (χ4v) is 5.21. The normalized spacial score (nSPS) is 21.7. The van der Waals surface area contributed by atoms with Crippen LogP contribution < -0.4 is 4.74 Å². The fourth-order valence-electron chi connectivity index (χ4n) is 5.21. The minimum atomic E-state index is -4.64. The number of carbonyl (C=O) groups excluding carboxylic acids is 1. The fraction of sp³-hybridized carbons (Fsp3) is 0.577. The van der Waals surface area contributed by atoms with Crippen molar-refractivity contribution < 1.29 is 27.8 Å². The van der Waals surface area contributed by atoms with Crippen LogP contribution in [0.3, 0.4) is 0 Å². The van der Waals surface area contributed by atoms with Gasteiger partial charge in [-0.1, -0.05) is 6.07 Å². The summed E-state index contributed by atoms with van der Waals surface area (Å²) >= 11 is 0. The molecule has 0 unspecified atom stereocenters. The Balaban J connectivity index is 1.44. The molecule has 2 aliphatic rings. The maximum Gasteiger partial charge on any atom is 0.451 e. The van der Waals surface area contributed by atoms with Gasteiger partial charge in [-0.25, -0.2) is 9.97 Å². The van der Waals surface area contributed by atoms with Crippen LogP contribution in [-0.4, -0.2) is 69.2 Å². The van der Waals surface area contributed by atoms with E-state index in [1.54, 1.807) is 11.8 Å². The number of fused-ring (bicyclic) bond motifs is 1. The first kappa shape index (κ1) is 26.3. The Morgan fingerprint density at radius 3 is 2.56 bits per heavy atom. The molecule has 0 saturated carbocycles. The number of aliphatic hydroxyl groups excluding tert-OH is 1. The van der Waals surface area contributed by atoms with Crippen molar-refractivity contribution in [3.8, 4) is 5.75 Å². The molecule has 1 aromatic heterocycles. The topological polar surface area (TPSA) is 78.8 Å². The zero-order chi connectivity index (χ0) is 26.0. The molecule has 2 aromatic rings. The average molecular weight is 507 g/mol. The van der Waals surface area contributed by atoms with Crippen molar-refractivity contribution in [3.63, 3.8) is 0 Å². The molecule has 2 saturated heterocycles. The van der Waals surface area contributed by atoms with Gasteiger partial charge in [-0.3, -0.25) is 9.69 Å². The number of piperidine rings is 1. The van der Waals surface area contributed by atoms with Gasteiger partial charge in [0.2, 0.25) is 5.82 Å². The highest BCUT2D eigenvalue weighted by molar-refractivity contribution is 5.93. The van der Waals surface area contributed by atoms with Crippen LogP contribution in [0, 0.1) is 13.8 Å². The van der Waals surface area contributed by atoms with E-state index in [1.165, 1.54) is 11.1 Å². The molecular formula is C26H33F3N4O3. The maximum absolute atomic E-state index is 13.0. The monoisotopic (exact) mass is 506 g/mol. The Morgan fingerprint density at radius 2 is 1.89 bits per heavy atom. The standard InChI is InChI=1S/C26H33F3N4O3/c1-16(34)9-12-36-23-8-7-21(17(2)18(23)3)22-6-4-5-20-15-32(10-11-33(20)22)24(35)19-13-30-25(31-14-19)26(27,28)29/h7-8,13-14,16,20,22,34H,4-6,9-12,15H2,1-3H3/t16-,20-,22+/m0/s1. The third-order valence-corrected chi connectivity index (χ3v) is 7.31. The summed E-state index contributed by atoms with van der Waals surface area (Å²) in [6, 6.07) is 4.55. The highest BCUT2D eigenvalue weighted by Crippen LogP contribution is 2.39. The van der Waals surface area contributed by atoms with Gasteiger partial charge in [-0.15, -0.1) is 0 Å². The van der Waals surface area contributed by atoms with E-state index in [0.717, 1.165) is 43.0 Å². The van der Waals surface area contributed by atoms with E-state index < -0.39 is 18.1 Å². The third-order valence-electron chi connectivity index (χ3n) is 7.31. The Hall–Kier alpha value is -2.72. The number of hydrogen-bond donors (Lipinski definition) is 1. The number of amides is 1. The van der Waals surface area contributed by atoms with E-state index in [4.69, 9.17) is 4.74 Å². The minimum absolute atomic E-state index is 0.0708. The molecule has 0 bridgehead atoms. The number of ether oxygens (including phenoxy) is 1. The number of nitrogens with zero attached hydrogens (tertiary/aromatic N) is 4. The molecule has 0 radical (unpaired) electrons. The van der Waals surface area contributed by atoms with Gasteiger partial charge >= 0.3 is 6.18 Å². The molecule has 7 nitrogen and oxygen atoms in total. The quantitative estimate of drug-likeness (QED) is 0.629. The number of hydrogen-bond acceptors (Lipinski definition) is 6. The molecule has 0 aliphatic carbocycles. The van der Waals surface area contributed by atoms with Crippen molar-refractivity contribution in [1.29, 1.82) is 0 Å². The van der Waals surface area contributed by atoms with Crippen LogP contribution in [0.5, 0.6) is 5.75 Å². The number of aromatic nitrogens is 2. The predicted octanol–water partition coefficient (Wildman–Crippen LogP) is 4.31. The van der Waals surface area contributed by atoms with Crippen LogP contribution in [0.2, 0.25) is 0 Å². The van der Waals surface area contributed by atoms with Crippen LogP contribution in [-0.2, 0) is 6.18 Å². The summed E-state index contributed by atoms with van der Waals surface area (Å²) in [6.07, 6.45) is 0.484. The smallest absolute Gasteiger partial charge is 0.451 e. The summed E-state index contributed by atoms with van der Waals surface area (Å²) in [4.78, 5) is 23.8. The van der Waals surface area contributed by atoms with E-state index in [9.17, 15) is 23.1 Å². The largest absolute Gasteiger partial charge is 0.493 e. The molecule has 2 aliphatic heterocycles. The third kappa shape index (κ3) is 5.64. The van der Waals surface area contributed by atoms with Crippen LogP contribution in [0.15, 0.2) is 24.5 Å². The summed E-state index contributed by atoms with van der Waals surface area (Å²) in [5, 5.41) is 9.48. The zero-order valence-corrected chi connectivity index (χ0v) is 20.9. The summed E-state index contributed by atoms with van der Waals surface area (Å²) in [5.41, 5.74) is 3.62. The van der Waals surface area contributed by atoms with Gasteiger partial charge in [-0.05, 0) is 62.8 Å². The molecule has 3 heterocycles. The van der Waals surface area contributed by atoms with E-state index >= 15 is 0 Å². The van der Waals surface area contributed by atoms with Gasteiger partial charge in [0.05, 0.1) is 18.3 Å². The van der Waals surface area contributed by atoms with Crippen LogP contribution >= 0.6 is 0 Å². The van der Waals surface area contributed by atoms with Gasteiger partial charge in [0, 0.05) is 50.5 Å². The SMILES string of the molecule is Cc1c(OCC[C@H](C)O)ccc([C@H]2CCC[C@H]3CN(C(=O)c4cnc(C(F)(F)F)nc4)CCN32)c1C. The molecule has 10 heteroatoms. The number of rotatable bonds is 6. The lowest BCUT2D eigenvalue weighted by molar-refractivity contribution is -0.145. The van der Waals surface area contributed by atoms with Gasteiger partial charge in [0.1, 0.15) is 5.75 Å². The molecule has 4 rings (SSSR count). The maximum atomic E-state index is 13.0. The molecule has 196 valence electrons. The second kappa shape index (κ2) is 10.7. The van der Waals surface area contributed by atoms with E-state index in [0.29, 0.717) is 32.7 Å². The van der Waals surface area contributed by atoms with E-state index in [-0.39, 0.29) is 23.6 Å². The first-order chi connectivity index (χ1) is 17.1. The molecule has 1 N–H and O–H groups in total. The van der Waals surface area contributed by atoms with Crippen molar-refractivity contribution in [1.82, 2.24) is 19.8 Å². The second-order valence-corrected chi connectivity index (χ2v) is 9.77. The highest BCUT2D eigenvalue weighted by atomic mass is 19.4. The lowest BCUT2D eigenvalue weighted by Gasteiger charge is -2.48. The Labute approximate surface area is 209 Å². The number of halogens is 3. The van der Waals surface area contributed by atoms with Crippen LogP contribution in [0.1, 0.15) is 71.5 Å². The zero-order valence-electron chi connectivity index (χ0n) is 20.9. The van der Waals surface area contributed by atoms with Crippen molar-refractivity contribution in [2.45, 2.75) is 70.8 Å². The van der Waals surface area contributed by atoms with Gasteiger partial charge in [0.15, 0.2) is 0 Å². The lowest BCUT2D eigenvalue weighted by atomic mass is 9.86. The molecular weight excluding hydrogens is 473 g/mol. The van der Waals surface area contributed by atoms with Gasteiger partial charge in [-0.2, -0.15) is 13.2 Å². The number of carbonyl (C=O) groups is 1. The number of aliphatic hydroxyl groups is 1. The van der Waals surface area contributed by atoms with Crippen molar-refractivity contribution in [2.24, 2.45) is 0 Å². The predicted molar refractivity (Wildman–Crippen MR) is 128 cm³/mol. The Bertz CT molecular complexity index is 1080. The molecule has 3 atom stereocenters. The van der Waals surface area contributed by atoms with Crippen molar-refractivity contribution >= 4 is 5.91 Å². The summed E-state index contributed by atoms with van der Waals surface area (Å²) in [5.74, 6) is -0.751. The Morgan fingerprint density at radius 1 is 1.17 bits per heavy atom. The van der Waals surface area contributed by atoms with Crippen molar-refractivity contribution in [3.05, 3.63) is 52.6 Å². The summed E-state index contributed by atoms with van der Waals surface area (Å²) in [6.45, 7) is 8.07. The van der Waals surface area contributed by atoms with E-state index in [2.05, 4.69) is 34.8 Å². The molecule has 36 heavy (non-hydrogen) atoms. The second-order valence-electron chi connectivity index (χ2n) is 9.77. The number of piperazine rings is 1. The summed E-state index contributed by atoms with van der Waals surface area (Å²) in [7, 11) is 0. The minimum Gasteiger partial charge on any atom is -0.493 e. The van der Waals surface area contributed by atoms with Crippen molar-refractivity contribution in [2.75, 3.05) is 26.2 Å². The molecule has 0 spiro atoms. The first-order valence-electron chi connectivity index (χ1n) is 12.4. The summed E-state index contributed by atoms with van der Waals surface area (Å²) < 4.78 is 44.2. The number of alkyl halides is 3. The molecule has 1 amide bonds. The Kier molecular flexibility index (Phi) is 7.85. The van der Waals surface area contributed by atoms with Crippen LogP contribution in [0.25, 0.3) is 0 Å². The van der Waals surface area contributed by atoms with Gasteiger partial charge < -0.3 is 14.7 Å². The lowest BCUT2D eigenvalue weighted by Crippen LogP contribution is -2.57. The van der Waals surface area contributed by atoms with Gasteiger partial charge in [0.25, 0.3) is 5.91 Å². The molecule has 2 fully saturated rings. The number of benzene rings is 1. The molecule has 1 aromatic carbocycles.